The summed E-state index contributed by atoms with van der Waals surface area (Å²) in [5.41, 5.74) is 3.78. The highest BCUT2D eigenvalue weighted by atomic mass is 19.1. The molecule has 118 valence electrons. The second-order valence-corrected chi connectivity index (χ2v) is 5.96. The lowest BCUT2D eigenvalue weighted by Gasteiger charge is -2.15. The van der Waals surface area contributed by atoms with E-state index in [2.05, 4.69) is 26.8 Å². The van der Waals surface area contributed by atoms with Crippen LogP contribution in [0.15, 0.2) is 36.4 Å². The van der Waals surface area contributed by atoms with Gasteiger partial charge in [-0.2, -0.15) is 0 Å². The predicted molar refractivity (Wildman–Crippen MR) is 90.9 cm³/mol. The molecule has 0 spiro atoms. The van der Waals surface area contributed by atoms with Gasteiger partial charge in [0.25, 0.3) is 0 Å². The Balaban J connectivity index is 2.26. The maximum absolute atomic E-state index is 13.8. The lowest BCUT2D eigenvalue weighted by Crippen LogP contribution is -2.08. The summed E-state index contributed by atoms with van der Waals surface area (Å²) in [5.74, 6) is 1.34. The Morgan fingerprint density at radius 2 is 1.73 bits per heavy atom. The number of rotatable bonds is 6. The van der Waals surface area contributed by atoms with Gasteiger partial charge < -0.3 is 4.74 Å². The summed E-state index contributed by atoms with van der Waals surface area (Å²) in [6, 6.07) is 11.5. The molecule has 2 heteroatoms. The topological polar surface area (TPSA) is 9.23 Å². The number of halogens is 1. The maximum Gasteiger partial charge on any atom is 0.126 e. The number of ether oxygens (including phenoxy) is 1. The summed E-state index contributed by atoms with van der Waals surface area (Å²) in [7, 11) is 0. The normalized spacial score (nSPS) is 12.2. The van der Waals surface area contributed by atoms with Crippen LogP contribution in [0.2, 0.25) is 0 Å². The van der Waals surface area contributed by atoms with Crippen LogP contribution in [-0.4, -0.2) is 6.61 Å². The van der Waals surface area contributed by atoms with Crippen molar-refractivity contribution in [3.8, 4) is 16.9 Å². The molecule has 2 rings (SSSR count). The van der Waals surface area contributed by atoms with Gasteiger partial charge in [-0.05, 0) is 59.7 Å². The summed E-state index contributed by atoms with van der Waals surface area (Å²) < 4.78 is 19.7. The highest BCUT2D eigenvalue weighted by Gasteiger charge is 2.08. The smallest absolute Gasteiger partial charge is 0.126 e. The largest absolute Gasteiger partial charge is 0.493 e. The third kappa shape index (κ3) is 3.88. The van der Waals surface area contributed by atoms with Gasteiger partial charge in [0.2, 0.25) is 0 Å². The lowest BCUT2D eigenvalue weighted by atomic mass is 10.00. The van der Waals surface area contributed by atoms with Gasteiger partial charge in [0.15, 0.2) is 0 Å². The Kier molecular flexibility index (Phi) is 5.59. The number of benzene rings is 2. The second-order valence-electron chi connectivity index (χ2n) is 5.96. The molecule has 1 unspecified atom stereocenters. The van der Waals surface area contributed by atoms with E-state index in [1.54, 1.807) is 13.0 Å². The average molecular weight is 300 g/mol. The van der Waals surface area contributed by atoms with Crippen molar-refractivity contribution in [2.24, 2.45) is 5.92 Å². The van der Waals surface area contributed by atoms with Crippen LogP contribution in [0.4, 0.5) is 4.39 Å². The molecule has 22 heavy (non-hydrogen) atoms. The van der Waals surface area contributed by atoms with Crippen molar-refractivity contribution in [3.63, 3.8) is 0 Å². The average Bonchev–Trinajstić information content (AvgIpc) is 2.54. The molecule has 0 fully saturated rings. The molecular formula is C20H25FO. The van der Waals surface area contributed by atoms with E-state index in [1.165, 1.54) is 5.56 Å². The predicted octanol–water partition coefficient (Wildman–Crippen LogP) is 5.79. The zero-order chi connectivity index (χ0) is 16.1. The van der Waals surface area contributed by atoms with Gasteiger partial charge in [-0.1, -0.05) is 45.4 Å². The van der Waals surface area contributed by atoms with E-state index in [0.29, 0.717) is 11.5 Å². The first-order chi connectivity index (χ1) is 10.5. The molecule has 0 saturated heterocycles. The first kappa shape index (κ1) is 16.5. The molecule has 0 amide bonds. The van der Waals surface area contributed by atoms with E-state index in [-0.39, 0.29) is 5.82 Å². The van der Waals surface area contributed by atoms with Crippen LogP contribution < -0.4 is 4.74 Å². The van der Waals surface area contributed by atoms with Crippen molar-refractivity contribution in [1.82, 2.24) is 0 Å². The molecule has 2 aromatic rings. The van der Waals surface area contributed by atoms with Crippen LogP contribution in [0.1, 0.15) is 38.3 Å². The van der Waals surface area contributed by atoms with Crippen LogP contribution in [0.3, 0.4) is 0 Å². The van der Waals surface area contributed by atoms with Gasteiger partial charge in [-0.25, -0.2) is 4.39 Å². The van der Waals surface area contributed by atoms with Crippen LogP contribution in [0, 0.1) is 18.7 Å². The molecule has 0 aliphatic rings. The summed E-state index contributed by atoms with van der Waals surface area (Å²) >= 11 is 0. The highest BCUT2D eigenvalue weighted by Crippen LogP contribution is 2.28. The van der Waals surface area contributed by atoms with E-state index in [9.17, 15) is 4.39 Å². The Morgan fingerprint density at radius 1 is 1.05 bits per heavy atom. The van der Waals surface area contributed by atoms with Crippen LogP contribution in [0.25, 0.3) is 11.1 Å². The minimum absolute atomic E-state index is 0.160. The van der Waals surface area contributed by atoms with E-state index >= 15 is 0 Å². The standard InChI is InChI=1S/C20H25FO/c1-5-14(3)13-22-20-10-9-17(11-16(20)6-2)18-8-7-15(4)19(21)12-18/h7-12,14H,5-6,13H2,1-4H3. The van der Waals surface area contributed by atoms with Gasteiger partial charge in [0, 0.05) is 0 Å². The van der Waals surface area contributed by atoms with E-state index in [1.807, 2.05) is 24.3 Å². The Morgan fingerprint density at radius 3 is 2.36 bits per heavy atom. The Bertz CT molecular complexity index is 634. The fraction of sp³-hybridized carbons (Fsp3) is 0.400. The summed E-state index contributed by atoms with van der Waals surface area (Å²) in [5, 5.41) is 0. The number of aryl methyl sites for hydroxylation is 2. The van der Waals surface area contributed by atoms with Crippen molar-refractivity contribution in [2.75, 3.05) is 6.61 Å². The third-order valence-electron chi connectivity index (χ3n) is 4.17. The lowest BCUT2D eigenvalue weighted by molar-refractivity contribution is 0.254. The molecule has 0 heterocycles. The molecule has 0 aliphatic carbocycles. The molecule has 0 aliphatic heterocycles. The van der Waals surface area contributed by atoms with Gasteiger partial charge in [-0.3, -0.25) is 0 Å². The Hall–Kier alpha value is -1.83. The molecule has 0 radical (unpaired) electrons. The summed E-state index contributed by atoms with van der Waals surface area (Å²) in [6.45, 7) is 8.99. The second kappa shape index (κ2) is 7.44. The van der Waals surface area contributed by atoms with E-state index < -0.39 is 0 Å². The zero-order valence-corrected chi connectivity index (χ0v) is 13.9. The van der Waals surface area contributed by atoms with Crippen LogP contribution in [-0.2, 0) is 6.42 Å². The zero-order valence-electron chi connectivity index (χ0n) is 13.9. The van der Waals surface area contributed by atoms with Crippen LogP contribution in [0.5, 0.6) is 5.75 Å². The first-order valence-electron chi connectivity index (χ1n) is 8.07. The summed E-state index contributed by atoms with van der Waals surface area (Å²) in [6.07, 6.45) is 2.01. The molecular weight excluding hydrogens is 275 g/mol. The maximum atomic E-state index is 13.8. The molecule has 0 N–H and O–H groups in total. The Labute approximate surface area is 133 Å². The van der Waals surface area contributed by atoms with Gasteiger partial charge in [0.05, 0.1) is 6.61 Å². The van der Waals surface area contributed by atoms with Gasteiger partial charge >= 0.3 is 0 Å². The van der Waals surface area contributed by atoms with Crippen molar-refractivity contribution >= 4 is 0 Å². The van der Waals surface area contributed by atoms with Crippen molar-refractivity contribution < 1.29 is 9.13 Å². The first-order valence-corrected chi connectivity index (χ1v) is 8.07. The fourth-order valence-electron chi connectivity index (χ4n) is 2.30. The van der Waals surface area contributed by atoms with Gasteiger partial charge in [0.1, 0.15) is 11.6 Å². The van der Waals surface area contributed by atoms with E-state index in [0.717, 1.165) is 36.3 Å². The molecule has 0 bridgehead atoms. The highest BCUT2D eigenvalue weighted by molar-refractivity contribution is 5.66. The molecule has 0 saturated carbocycles. The van der Waals surface area contributed by atoms with Crippen molar-refractivity contribution in [3.05, 3.63) is 53.3 Å². The third-order valence-corrected chi connectivity index (χ3v) is 4.17. The van der Waals surface area contributed by atoms with Crippen molar-refractivity contribution in [1.29, 1.82) is 0 Å². The van der Waals surface area contributed by atoms with E-state index in [4.69, 9.17) is 4.74 Å². The SMILES string of the molecule is CCc1cc(-c2ccc(C)c(F)c2)ccc1OCC(C)CC. The molecule has 1 atom stereocenters. The quantitative estimate of drug-likeness (QED) is 0.656. The molecule has 2 aromatic carbocycles. The molecule has 1 nitrogen and oxygen atoms in total. The van der Waals surface area contributed by atoms with Crippen molar-refractivity contribution in [2.45, 2.75) is 40.5 Å². The van der Waals surface area contributed by atoms with Gasteiger partial charge in [-0.15, -0.1) is 0 Å². The minimum atomic E-state index is -0.160. The van der Waals surface area contributed by atoms with Crippen LogP contribution >= 0.6 is 0 Å². The monoisotopic (exact) mass is 300 g/mol. The number of hydrogen-bond acceptors (Lipinski definition) is 1. The summed E-state index contributed by atoms with van der Waals surface area (Å²) in [4.78, 5) is 0. The fourth-order valence-corrected chi connectivity index (χ4v) is 2.30. The number of hydrogen-bond donors (Lipinski definition) is 0. The minimum Gasteiger partial charge on any atom is -0.493 e. The molecule has 0 aromatic heterocycles.